The predicted molar refractivity (Wildman–Crippen MR) is 444 cm³/mol. The van der Waals surface area contributed by atoms with Crippen LogP contribution in [0.1, 0.15) is 228 Å². The molecule has 0 saturated heterocycles. The van der Waals surface area contributed by atoms with Gasteiger partial charge in [0.25, 0.3) is 77.6 Å². The molecule has 76 heteroatoms. The van der Waals surface area contributed by atoms with E-state index in [2.05, 4.69) is 0 Å². The van der Waals surface area contributed by atoms with Crippen molar-refractivity contribution in [1.29, 1.82) is 0 Å². The maximum Gasteiger partial charge on any atom is 2.00 e. The zero-order valence-electron chi connectivity index (χ0n) is 84.0. The van der Waals surface area contributed by atoms with Crippen LogP contribution in [0, 0.1) is 0 Å². The third kappa shape index (κ3) is 102000. The number of hydrogen-bond donors (Lipinski definition) is 13. The summed E-state index contributed by atoms with van der Waals surface area (Å²) in [6.45, 7) is 33.5. The standard InChI is InChI=1S/33C2H4O2.10Ca/c33*1-2(3)4;;;;;;;;;;/h33*1H3,(H,3,4);;;;;;;;;;/q;;;;;;;;;;;;;;;;;;;;;;;;;;;;;;;;;10*+2/p-20. The molecule has 0 atom stereocenters. The van der Waals surface area contributed by atoms with E-state index < -0.39 is 197 Å². The molecule has 0 radical (unpaired) electrons. The van der Waals surface area contributed by atoms with E-state index in [1.165, 1.54) is 0 Å². The smallest absolute Gasteiger partial charge is 0.550 e. The Hall–Kier alpha value is -4.89. The molecule has 0 aliphatic heterocycles. The fourth-order valence-electron chi connectivity index (χ4n) is 0. The van der Waals surface area contributed by atoms with Crippen molar-refractivity contribution >= 4 is 574 Å². The monoisotopic (exact) mass is 2360 g/mol. The predicted octanol–water partition coefficient (Wildman–Crippen LogP) is -27.5. The first-order chi connectivity index (χ1) is 57.2. The molecule has 66 nitrogen and oxygen atoms in total. The van der Waals surface area contributed by atoms with E-state index in [0.717, 1.165) is 228 Å². The summed E-state index contributed by atoms with van der Waals surface area (Å²) in [5, 5.41) is 274. The van der Waals surface area contributed by atoms with Gasteiger partial charge in [-0.15, -0.1) is 0 Å². The van der Waals surface area contributed by atoms with E-state index in [-0.39, 0.29) is 377 Å². The second-order valence-corrected chi connectivity index (χ2v) is 16.6. The number of aliphatic carboxylic acids is 33. The molecule has 792 valence electrons. The minimum atomic E-state index is -1.08. The Morgan fingerprint density at radius 2 is 0.0845 bits per heavy atom. The fourth-order valence-corrected chi connectivity index (χ4v) is 0. The summed E-state index contributed by atoms with van der Waals surface area (Å²) in [5.41, 5.74) is 0. The van der Waals surface area contributed by atoms with Crippen LogP contribution in [-0.2, 0) is 158 Å². The Kier molecular flexibility index (Phi) is 567. The Balaban J connectivity index is -0.0000000173. The molecule has 0 aliphatic carbocycles. The number of carboxylic acids is 33. The van der Waals surface area contributed by atoms with Crippen LogP contribution in [0.4, 0.5) is 0 Å². The number of hydrogen-bond acceptors (Lipinski definition) is 53. The van der Waals surface area contributed by atoms with Gasteiger partial charge in [0, 0.05) is 209 Å². The molecule has 0 fully saturated rings. The molecule has 0 unspecified atom stereocenters. The summed E-state index contributed by atoms with van der Waals surface area (Å²) in [6.07, 6.45) is 0. The molecule has 0 heterocycles. The number of carboxylic acid groups (broad SMARTS) is 33. The van der Waals surface area contributed by atoms with Crippen molar-refractivity contribution in [3.8, 4) is 0 Å². The van der Waals surface area contributed by atoms with Crippen LogP contribution in [0.25, 0.3) is 0 Å². The van der Waals surface area contributed by atoms with Gasteiger partial charge in [-0.1, -0.05) is 0 Å². The van der Waals surface area contributed by atoms with Gasteiger partial charge in [0.2, 0.25) is 0 Å². The van der Waals surface area contributed by atoms with Crippen molar-refractivity contribution < 1.29 is 327 Å². The molecule has 13 N–H and O–H groups in total. The van der Waals surface area contributed by atoms with Crippen LogP contribution < -0.4 is 102 Å². The number of carbonyl (C=O) groups excluding carboxylic acids is 20. The Morgan fingerprint density at radius 3 is 0.0845 bits per heavy atom. The minimum absolute atomic E-state index is 0. The Labute approximate surface area is 1110 Å². The van der Waals surface area contributed by atoms with Crippen molar-refractivity contribution in [2.24, 2.45) is 0 Å². The molecule has 0 spiro atoms. The molecular formula is C66H112Ca10O66. The summed E-state index contributed by atoms with van der Waals surface area (Å²) >= 11 is 0. The maximum absolute atomic E-state index is 9.00. The average molecular weight is 2360 g/mol. The van der Waals surface area contributed by atoms with Crippen LogP contribution >= 0.6 is 0 Å². The first-order valence-corrected chi connectivity index (χ1v) is 30.2. The second-order valence-electron chi connectivity index (χ2n) is 16.6. The SMILES string of the molecule is CC(=O)O.CC(=O)O.CC(=O)O.CC(=O)O.CC(=O)O.CC(=O)O.CC(=O)O.CC(=O)O.CC(=O)O.CC(=O)O.CC(=O)O.CC(=O)O.CC(=O)O.CC(=O)[O-].CC(=O)[O-].CC(=O)[O-].CC(=O)[O-].CC(=O)[O-].CC(=O)[O-].CC(=O)[O-].CC(=O)[O-].CC(=O)[O-].CC(=O)[O-].CC(=O)[O-].CC(=O)[O-].CC(=O)[O-].CC(=O)[O-].CC(=O)[O-].CC(=O)[O-].CC(=O)[O-].CC(=O)[O-].CC(=O)[O-].CC(=O)[O-].[Ca+2].[Ca+2].[Ca+2].[Ca+2].[Ca+2].[Ca+2].[Ca+2].[Ca+2].[Ca+2].[Ca+2]. The molecular weight excluding hydrogens is 2250 g/mol. The van der Waals surface area contributed by atoms with Gasteiger partial charge in [-0.3, -0.25) is 62.3 Å². The van der Waals surface area contributed by atoms with Crippen LogP contribution in [0.15, 0.2) is 0 Å². The number of rotatable bonds is 0. The topological polar surface area (TPSA) is 1290 Å². The van der Waals surface area contributed by atoms with E-state index in [4.69, 9.17) is 327 Å². The van der Waals surface area contributed by atoms with Gasteiger partial charge in [0.1, 0.15) is 0 Å². The molecule has 0 aromatic rings. The van der Waals surface area contributed by atoms with Crippen molar-refractivity contribution in [3.05, 3.63) is 0 Å². The molecule has 0 aromatic carbocycles. The van der Waals surface area contributed by atoms with Crippen LogP contribution in [0.2, 0.25) is 0 Å². The molecule has 0 bridgehead atoms. The van der Waals surface area contributed by atoms with Gasteiger partial charge in [-0.05, 0) is 138 Å². The zero-order valence-corrected chi connectivity index (χ0v) is 106. The quantitative estimate of drug-likeness (QED) is 0.100. The van der Waals surface area contributed by atoms with Gasteiger partial charge >= 0.3 is 377 Å². The van der Waals surface area contributed by atoms with Gasteiger partial charge in [-0.2, -0.15) is 0 Å². The third-order valence-electron chi connectivity index (χ3n) is 0. The van der Waals surface area contributed by atoms with Crippen molar-refractivity contribution in [3.63, 3.8) is 0 Å². The van der Waals surface area contributed by atoms with Crippen molar-refractivity contribution in [2.45, 2.75) is 228 Å². The first kappa shape index (κ1) is 287. The van der Waals surface area contributed by atoms with Crippen LogP contribution in [-0.4, -0.2) is 641 Å². The molecule has 0 aliphatic rings. The Bertz CT molecular complexity index is 1940. The first-order valence-electron chi connectivity index (χ1n) is 30.2. The van der Waals surface area contributed by atoms with Gasteiger partial charge in [-0.25, -0.2) is 0 Å². The number of carbonyl (C=O) groups is 33. The van der Waals surface area contributed by atoms with E-state index in [0.29, 0.717) is 0 Å². The molecule has 0 aromatic heterocycles. The minimum Gasteiger partial charge on any atom is -0.550 e. The second kappa shape index (κ2) is 281. The van der Waals surface area contributed by atoms with Gasteiger partial charge in [0.05, 0.1) is 0 Å². The van der Waals surface area contributed by atoms with Gasteiger partial charge < -0.3 is 264 Å². The van der Waals surface area contributed by atoms with Crippen LogP contribution in [0.5, 0.6) is 0 Å². The molecule has 0 amide bonds. The maximum atomic E-state index is 9.00. The zero-order chi connectivity index (χ0) is 118. The molecule has 0 rings (SSSR count). The largest absolute Gasteiger partial charge is 2.00 e. The van der Waals surface area contributed by atoms with E-state index in [9.17, 15) is 0 Å². The third-order valence-corrected chi connectivity index (χ3v) is 0. The summed E-state index contributed by atoms with van der Waals surface area (Å²) in [5.74, 6) is -32.5. The fraction of sp³-hybridized carbons (Fsp3) is 0.500. The average Bonchev–Trinajstić information content (AvgIpc) is 3.36. The summed E-state index contributed by atoms with van der Waals surface area (Å²) in [7, 11) is 0. The summed E-state index contributed by atoms with van der Waals surface area (Å²) in [4.78, 5) is 295. The van der Waals surface area contributed by atoms with Crippen molar-refractivity contribution in [2.75, 3.05) is 0 Å². The van der Waals surface area contributed by atoms with E-state index in [1.807, 2.05) is 0 Å². The summed E-state index contributed by atoms with van der Waals surface area (Å²) < 4.78 is 0. The summed E-state index contributed by atoms with van der Waals surface area (Å²) in [6, 6.07) is 0. The van der Waals surface area contributed by atoms with Crippen LogP contribution in [0.3, 0.4) is 0 Å². The Morgan fingerprint density at radius 1 is 0.0845 bits per heavy atom. The van der Waals surface area contributed by atoms with Gasteiger partial charge in [0.15, 0.2) is 0 Å². The van der Waals surface area contributed by atoms with E-state index >= 15 is 0 Å². The van der Waals surface area contributed by atoms with Crippen molar-refractivity contribution in [1.82, 2.24) is 0 Å². The molecule has 142 heavy (non-hydrogen) atoms. The molecule has 0 saturated carbocycles. The normalized spacial score (nSPS) is 5.81. The van der Waals surface area contributed by atoms with E-state index in [1.54, 1.807) is 0 Å².